The molecule has 4 aromatic rings. The largest absolute Gasteiger partial charge is 0.457 e. The smallest absolute Gasteiger partial charge is 0.417 e. The number of ether oxygens (including phenoxy) is 1. The Morgan fingerprint density at radius 3 is 2.61 bits per heavy atom. The number of benzene rings is 2. The molecule has 7 nitrogen and oxygen atoms in total. The number of rotatable bonds is 5. The van der Waals surface area contributed by atoms with Crippen molar-refractivity contribution in [1.82, 2.24) is 15.3 Å². The van der Waals surface area contributed by atoms with Crippen LogP contribution in [0.2, 0.25) is 5.02 Å². The summed E-state index contributed by atoms with van der Waals surface area (Å²) in [5.41, 5.74) is 0.0811. The van der Waals surface area contributed by atoms with Gasteiger partial charge in [-0.05, 0) is 42.5 Å². The second-order valence-electron chi connectivity index (χ2n) is 7.83. The van der Waals surface area contributed by atoms with Gasteiger partial charge in [-0.2, -0.15) is 13.2 Å². The van der Waals surface area contributed by atoms with Crippen molar-refractivity contribution in [2.75, 3.05) is 18.4 Å². The van der Waals surface area contributed by atoms with Crippen LogP contribution < -0.4 is 15.4 Å². The van der Waals surface area contributed by atoms with Crippen LogP contribution in [-0.2, 0) is 6.18 Å². The molecule has 1 aliphatic rings. The zero-order chi connectivity index (χ0) is 25.3. The van der Waals surface area contributed by atoms with Crippen molar-refractivity contribution in [3.8, 4) is 11.5 Å². The number of nitrogens with zero attached hydrogens (tertiary/aromatic N) is 3. The molecule has 3 heterocycles. The van der Waals surface area contributed by atoms with Gasteiger partial charge in [-0.3, -0.25) is 14.8 Å². The molecule has 2 aromatic heterocycles. The Balaban J connectivity index is 1.36. The highest BCUT2D eigenvalue weighted by Crippen LogP contribution is 2.36. The van der Waals surface area contributed by atoms with Crippen molar-refractivity contribution in [1.29, 1.82) is 0 Å². The molecule has 11 heteroatoms. The molecule has 0 unspecified atom stereocenters. The lowest BCUT2D eigenvalue weighted by molar-refractivity contribution is -0.137. The highest BCUT2D eigenvalue weighted by Gasteiger charge is 2.33. The molecule has 0 atom stereocenters. The third-order valence-corrected chi connectivity index (χ3v) is 5.64. The van der Waals surface area contributed by atoms with Gasteiger partial charge in [0, 0.05) is 35.9 Å². The average molecular weight is 512 g/mol. The number of amides is 1. The summed E-state index contributed by atoms with van der Waals surface area (Å²) in [7, 11) is 0. The van der Waals surface area contributed by atoms with E-state index in [0.29, 0.717) is 35.1 Å². The van der Waals surface area contributed by atoms with Crippen molar-refractivity contribution in [3.63, 3.8) is 0 Å². The van der Waals surface area contributed by atoms with Crippen molar-refractivity contribution in [2.45, 2.75) is 6.18 Å². The summed E-state index contributed by atoms with van der Waals surface area (Å²) in [6.07, 6.45) is -3.03. The Morgan fingerprint density at radius 1 is 1.03 bits per heavy atom. The number of pyridine rings is 2. The van der Waals surface area contributed by atoms with Gasteiger partial charge in [-0.1, -0.05) is 17.7 Å². The van der Waals surface area contributed by atoms with Crippen LogP contribution >= 0.6 is 11.6 Å². The van der Waals surface area contributed by atoms with Crippen molar-refractivity contribution >= 4 is 39.9 Å². The summed E-state index contributed by atoms with van der Waals surface area (Å²) in [6, 6.07) is 15.0. The predicted molar refractivity (Wildman–Crippen MR) is 130 cm³/mol. The lowest BCUT2D eigenvalue weighted by Gasteiger charge is -2.12. The fourth-order valence-electron chi connectivity index (χ4n) is 3.61. The van der Waals surface area contributed by atoms with Crippen LogP contribution in [0.5, 0.6) is 11.5 Å². The molecule has 5 rings (SSSR count). The van der Waals surface area contributed by atoms with Gasteiger partial charge in [0.15, 0.2) is 0 Å². The van der Waals surface area contributed by atoms with Crippen LogP contribution in [-0.4, -0.2) is 34.8 Å². The summed E-state index contributed by atoms with van der Waals surface area (Å²) < 4.78 is 45.3. The first kappa shape index (κ1) is 23.6. The number of carbonyl (C=O) groups is 1. The van der Waals surface area contributed by atoms with Gasteiger partial charge in [-0.25, -0.2) is 4.98 Å². The summed E-state index contributed by atoms with van der Waals surface area (Å²) in [5.74, 6) is 1.08. The number of aromatic nitrogens is 2. The minimum atomic E-state index is -4.65. The molecular formula is C25H17ClF3N5O2. The Morgan fingerprint density at radius 2 is 1.83 bits per heavy atom. The van der Waals surface area contributed by atoms with Gasteiger partial charge in [0.25, 0.3) is 5.91 Å². The summed E-state index contributed by atoms with van der Waals surface area (Å²) in [6.45, 7) is 1.45. The molecule has 36 heavy (non-hydrogen) atoms. The number of carbonyl (C=O) groups excluding carboxylic acids is 1. The van der Waals surface area contributed by atoms with E-state index in [9.17, 15) is 18.0 Å². The zero-order valence-electron chi connectivity index (χ0n) is 18.4. The maximum absolute atomic E-state index is 13.1. The van der Waals surface area contributed by atoms with Gasteiger partial charge in [-0.15, -0.1) is 0 Å². The molecular weight excluding hydrogens is 495 g/mol. The monoisotopic (exact) mass is 511 g/mol. The molecule has 0 aliphatic carbocycles. The van der Waals surface area contributed by atoms with E-state index < -0.39 is 22.7 Å². The quantitative estimate of drug-likeness (QED) is 0.359. The van der Waals surface area contributed by atoms with E-state index in [-0.39, 0.29) is 11.4 Å². The first-order valence-corrected chi connectivity index (χ1v) is 11.2. The van der Waals surface area contributed by atoms with Crippen molar-refractivity contribution < 1.29 is 22.7 Å². The summed E-state index contributed by atoms with van der Waals surface area (Å²) in [5, 5.41) is 5.89. The fourth-order valence-corrected chi connectivity index (χ4v) is 3.84. The second kappa shape index (κ2) is 9.46. The van der Waals surface area contributed by atoms with Crippen LogP contribution in [0.4, 0.5) is 18.9 Å². The number of hydrogen-bond acceptors (Lipinski definition) is 6. The molecule has 182 valence electrons. The van der Waals surface area contributed by atoms with E-state index in [0.717, 1.165) is 24.1 Å². The third kappa shape index (κ3) is 5.08. The first-order chi connectivity index (χ1) is 17.3. The number of fused-ring (bicyclic) bond motifs is 1. The van der Waals surface area contributed by atoms with Crippen molar-refractivity contribution in [2.24, 2.45) is 4.99 Å². The number of amidine groups is 1. The van der Waals surface area contributed by atoms with Gasteiger partial charge >= 0.3 is 6.18 Å². The van der Waals surface area contributed by atoms with Crippen LogP contribution in [0.15, 0.2) is 71.9 Å². The number of hydrogen-bond donors (Lipinski definition) is 2. The van der Waals surface area contributed by atoms with E-state index in [2.05, 4.69) is 25.6 Å². The summed E-state index contributed by atoms with van der Waals surface area (Å²) >= 11 is 5.64. The molecule has 0 saturated heterocycles. The third-order valence-electron chi connectivity index (χ3n) is 5.31. The summed E-state index contributed by atoms with van der Waals surface area (Å²) in [4.78, 5) is 25.7. The molecule has 2 aromatic carbocycles. The van der Waals surface area contributed by atoms with E-state index in [1.54, 1.807) is 42.6 Å². The Hall–Kier alpha value is -4.18. The zero-order valence-corrected chi connectivity index (χ0v) is 19.2. The van der Waals surface area contributed by atoms with Crippen molar-refractivity contribution in [3.05, 3.63) is 88.8 Å². The number of aliphatic imine (C=N–C) groups is 1. The molecule has 1 amide bonds. The molecule has 0 saturated carbocycles. The molecule has 0 fully saturated rings. The lowest BCUT2D eigenvalue weighted by atomic mass is 10.1. The van der Waals surface area contributed by atoms with E-state index >= 15 is 0 Å². The molecule has 1 aliphatic heterocycles. The minimum absolute atomic E-state index is 0.0275. The van der Waals surface area contributed by atoms with Gasteiger partial charge < -0.3 is 15.4 Å². The van der Waals surface area contributed by atoms with Crippen LogP contribution in [0, 0.1) is 0 Å². The number of nitrogens with one attached hydrogen (secondary N) is 2. The van der Waals surface area contributed by atoms with Crippen LogP contribution in [0.3, 0.4) is 0 Å². The highest BCUT2D eigenvalue weighted by atomic mass is 35.5. The van der Waals surface area contributed by atoms with E-state index in [1.807, 2.05) is 0 Å². The number of alkyl halides is 3. The topological polar surface area (TPSA) is 88.5 Å². The van der Waals surface area contributed by atoms with E-state index in [4.69, 9.17) is 16.3 Å². The molecule has 0 spiro atoms. The molecule has 0 radical (unpaired) electrons. The molecule has 2 N–H and O–H groups in total. The van der Waals surface area contributed by atoms with Crippen LogP contribution in [0.25, 0.3) is 10.9 Å². The molecule has 0 bridgehead atoms. The van der Waals surface area contributed by atoms with Gasteiger partial charge in [0.2, 0.25) is 0 Å². The number of anilines is 1. The second-order valence-corrected chi connectivity index (χ2v) is 8.24. The normalized spacial score (nSPS) is 13.3. The van der Waals surface area contributed by atoms with Crippen LogP contribution in [0.1, 0.15) is 21.7 Å². The fraction of sp³-hybridized carbons (Fsp3) is 0.120. The Bertz CT molecular complexity index is 1510. The SMILES string of the molecule is O=C(Nc1ccc(Cl)c(C(F)(F)F)c1)c1ccc2ccc(Oc3ccnc(C4=NCCN4)c3)cc2n1. The lowest BCUT2D eigenvalue weighted by Crippen LogP contribution is -2.20. The van der Waals surface area contributed by atoms with Gasteiger partial charge in [0.1, 0.15) is 28.7 Å². The standard InChI is InChI=1S/C25H17ClF3N5O2/c26-19-5-3-15(11-18(19)25(27,28)29)33-24(35)20-6-2-14-1-4-16(12-21(14)34-20)36-17-7-8-30-22(13-17)23-31-9-10-32-23/h1-8,11-13H,9-10H2,(H,31,32)(H,33,35). The minimum Gasteiger partial charge on any atom is -0.457 e. The highest BCUT2D eigenvalue weighted by molar-refractivity contribution is 6.31. The maximum atomic E-state index is 13.1. The van der Waals surface area contributed by atoms with E-state index in [1.165, 1.54) is 12.1 Å². The predicted octanol–water partition coefficient (Wildman–Crippen LogP) is 5.70. The Labute approximate surface area is 208 Å². The Kier molecular flexibility index (Phi) is 6.19. The number of halogens is 4. The van der Waals surface area contributed by atoms with Gasteiger partial charge in [0.05, 0.1) is 22.6 Å². The maximum Gasteiger partial charge on any atom is 0.417 e. The average Bonchev–Trinajstić information content (AvgIpc) is 3.39. The first-order valence-electron chi connectivity index (χ1n) is 10.8.